The van der Waals surface area contributed by atoms with Crippen molar-refractivity contribution < 1.29 is 27.5 Å². The molecule has 3 aromatic rings. The number of H-pyrrole nitrogens is 1. The summed E-state index contributed by atoms with van der Waals surface area (Å²) in [7, 11) is 1.62. The molecule has 1 saturated heterocycles. The Morgan fingerprint density at radius 2 is 1.91 bits per heavy atom. The molecule has 10 heteroatoms. The average molecular weight is 473 g/mol. The molecular weight excluding hydrogens is 451 g/mol. The Balaban J connectivity index is 1.61. The second kappa shape index (κ2) is 9.30. The van der Waals surface area contributed by atoms with Crippen LogP contribution in [-0.2, 0) is 20.5 Å². The minimum absolute atomic E-state index is 0.0406. The Hall–Kier alpha value is -3.66. The van der Waals surface area contributed by atoms with Gasteiger partial charge in [-0.1, -0.05) is 30.3 Å². The number of rotatable bonds is 6. The van der Waals surface area contributed by atoms with Gasteiger partial charge >= 0.3 is 12.1 Å². The SMILES string of the molecule is CNCC(=O)OC[C@@H]1C[C@@H](c2ccc3cc(-c4ccccc4C(F)(F)F)[nH]c(=O)c3c2)C(=O)N1. The van der Waals surface area contributed by atoms with Crippen LogP contribution in [0.15, 0.2) is 53.3 Å². The van der Waals surface area contributed by atoms with E-state index in [-0.39, 0.29) is 41.7 Å². The van der Waals surface area contributed by atoms with Crippen LogP contribution in [0, 0.1) is 0 Å². The number of fused-ring (bicyclic) bond motifs is 1. The van der Waals surface area contributed by atoms with Gasteiger partial charge in [-0.25, -0.2) is 0 Å². The summed E-state index contributed by atoms with van der Waals surface area (Å²) in [5, 5.41) is 6.19. The predicted molar refractivity (Wildman–Crippen MR) is 119 cm³/mol. The quantitative estimate of drug-likeness (QED) is 0.478. The molecule has 1 aliphatic rings. The highest BCUT2D eigenvalue weighted by atomic mass is 19.4. The molecule has 0 spiro atoms. The Morgan fingerprint density at radius 1 is 1.15 bits per heavy atom. The van der Waals surface area contributed by atoms with E-state index in [0.717, 1.165) is 6.07 Å². The highest BCUT2D eigenvalue weighted by Crippen LogP contribution is 2.37. The topological polar surface area (TPSA) is 100 Å². The molecule has 2 aromatic carbocycles. The molecule has 2 atom stereocenters. The number of carbonyl (C=O) groups is 2. The van der Waals surface area contributed by atoms with Crippen LogP contribution in [0.3, 0.4) is 0 Å². The molecule has 4 rings (SSSR count). The van der Waals surface area contributed by atoms with Crippen LogP contribution in [0.25, 0.3) is 22.0 Å². The van der Waals surface area contributed by atoms with E-state index in [1.807, 2.05) is 0 Å². The Kier molecular flexibility index (Phi) is 6.43. The molecule has 3 N–H and O–H groups in total. The molecule has 1 fully saturated rings. The third kappa shape index (κ3) is 4.81. The first-order chi connectivity index (χ1) is 16.2. The third-order valence-electron chi connectivity index (χ3n) is 5.74. The van der Waals surface area contributed by atoms with Crippen molar-refractivity contribution in [2.24, 2.45) is 0 Å². The second-order valence-corrected chi connectivity index (χ2v) is 8.11. The van der Waals surface area contributed by atoms with Crippen molar-refractivity contribution in [3.05, 3.63) is 70.0 Å². The van der Waals surface area contributed by atoms with Gasteiger partial charge in [-0.2, -0.15) is 13.2 Å². The van der Waals surface area contributed by atoms with Crippen LogP contribution in [0.4, 0.5) is 13.2 Å². The number of nitrogens with one attached hydrogen (secondary N) is 3. The normalized spacial score (nSPS) is 18.2. The summed E-state index contributed by atoms with van der Waals surface area (Å²) >= 11 is 0. The number of hydrogen-bond acceptors (Lipinski definition) is 5. The van der Waals surface area contributed by atoms with Crippen LogP contribution in [0.1, 0.15) is 23.5 Å². The van der Waals surface area contributed by atoms with E-state index in [1.54, 1.807) is 25.2 Å². The Bertz CT molecular complexity index is 1300. The highest BCUT2D eigenvalue weighted by molar-refractivity contribution is 5.90. The summed E-state index contributed by atoms with van der Waals surface area (Å²) < 4.78 is 45.4. The maximum Gasteiger partial charge on any atom is 0.417 e. The summed E-state index contributed by atoms with van der Waals surface area (Å²) in [5.74, 6) is -1.22. The molecule has 1 aliphatic heterocycles. The van der Waals surface area contributed by atoms with Gasteiger partial charge in [0.05, 0.1) is 24.1 Å². The van der Waals surface area contributed by atoms with E-state index < -0.39 is 29.2 Å². The molecular formula is C24H22F3N3O4. The number of aromatic amines is 1. The molecule has 2 heterocycles. The van der Waals surface area contributed by atoms with E-state index in [1.165, 1.54) is 24.3 Å². The molecule has 0 unspecified atom stereocenters. The molecule has 0 saturated carbocycles. The van der Waals surface area contributed by atoms with Gasteiger partial charge < -0.3 is 20.4 Å². The van der Waals surface area contributed by atoms with Gasteiger partial charge in [0.15, 0.2) is 0 Å². The van der Waals surface area contributed by atoms with Gasteiger partial charge in [0, 0.05) is 16.6 Å². The summed E-state index contributed by atoms with van der Waals surface area (Å²) in [6, 6.07) is 11.0. The number of halogens is 3. The lowest BCUT2D eigenvalue weighted by molar-refractivity contribution is -0.143. The lowest BCUT2D eigenvalue weighted by atomic mass is 9.93. The number of amides is 1. The van der Waals surface area contributed by atoms with E-state index in [2.05, 4.69) is 15.6 Å². The number of ether oxygens (including phenoxy) is 1. The van der Waals surface area contributed by atoms with E-state index in [0.29, 0.717) is 17.4 Å². The van der Waals surface area contributed by atoms with Gasteiger partial charge in [0.25, 0.3) is 5.56 Å². The number of carbonyl (C=O) groups excluding carboxylic acids is 2. The third-order valence-corrected chi connectivity index (χ3v) is 5.74. The number of aromatic nitrogens is 1. The number of hydrogen-bond donors (Lipinski definition) is 3. The molecule has 1 amide bonds. The van der Waals surface area contributed by atoms with Gasteiger partial charge in [-0.3, -0.25) is 14.4 Å². The monoisotopic (exact) mass is 473 g/mol. The maximum atomic E-state index is 13.4. The predicted octanol–water partition coefficient (Wildman–Crippen LogP) is 2.95. The highest BCUT2D eigenvalue weighted by Gasteiger charge is 2.35. The smallest absolute Gasteiger partial charge is 0.417 e. The van der Waals surface area contributed by atoms with Gasteiger partial charge in [-0.05, 0) is 42.6 Å². The average Bonchev–Trinajstić information content (AvgIpc) is 3.17. The number of pyridine rings is 1. The van der Waals surface area contributed by atoms with Crippen molar-refractivity contribution in [2.75, 3.05) is 20.2 Å². The minimum Gasteiger partial charge on any atom is -0.463 e. The van der Waals surface area contributed by atoms with Crippen LogP contribution in [0.2, 0.25) is 0 Å². The van der Waals surface area contributed by atoms with Crippen molar-refractivity contribution in [3.63, 3.8) is 0 Å². The van der Waals surface area contributed by atoms with E-state index in [4.69, 9.17) is 4.74 Å². The zero-order valence-electron chi connectivity index (χ0n) is 18.2. The fourth-order valence-electron chi connectivity index (χ4n) is 4.14. The van der Waals surface area contributed by atoms with E-state index >= 15 is 0 Å². The first kappa shape index (κ1) is 23.5. The lowest BCUT2D eigenvalue weighted by Gasteiger charge is -2.14. The number of alkyl halides is 3. The number of benzene rings is 2. The molecule has 0 radical (unpaired) electrons. The van der Waals surface area contributed by atoms with Gasteiger partial charge in [0.1, 0.15) is 6.61 Å². The Labute approximate surface area is 192 Å². The van der Waals surface area contributed by atoms with Crippen molar-refractivity contribution in [1.29, 1.82) is 0 Å². The first-order valence-electron chi connectivity index (χ1n) is 10.6. The minimum atomic E-state index is -4.57. The maximum absolute atomic E-state index is 13.4. The van der Waals surface area contributed by atoms with Gasteiger partial charge in [-0.15, -0.1) is 0 Å². The zero-order chi connectivity index (χ0) is 24.5. The summed E-state index contributed by atoms with van der Waals surface area (Å²) in [6.45, 7) is 0.103. The fraction of sp³-hybridized carbons (Fsp3) is 0.292. The standard InChI is InChI=1S/C24H22F3N3O4/c1-28-11-21(31)34-12-15-10-18(22(32)29-15)13-6-7-14-9-20(30-23(33)17(14)8-13)16-4-2-3-5-19(16)24(25,26)27/h2-9,15,18,28H,10-12H2,1H3,(H,29,32)(H,30,33)/t15-,18-/m0/s1. The fourth-order valence-corrected chi connectivity index (χ4v) is 4.14. The molecule has 34 heavy (non-hydrogen) atoms. The van der Waals surface area contributed by atoms with Crippen molar-refractivity contribution in [3.8, 4) is 11.3 Å². The zero-order valence-corrected chi connectivity index (χ0v) is 18.2. The number of likely N-dealkylation sites (N-methyl/N-ethyl adjacent to an activating group) is 1. The van der Waals surface area contributed by atoms with Crippen LogP contribution in [-0.4, -0.2) is 43.1 Å². The molecule has 178 valence electrons. The van der Waals surface area contributed by atoms with Crippen molar-refractivity contribution in [1.82, 2.24) is 15.6 Å². The molecule has 1 aromatic heterocycles. The van der Waals surface area contributed by atoms with Gasteiger partial charge in [0.2, 0.25) is 5.91 Å². The molecule has 7 nitrogen and oxygen atoms in total. The molecule has 0 aliphatic carbocycles. The second-order valence-electron chi connectivity index (χ2n) is 8.11. The molecule has 0 bridgehead atoms. The summed E-state index contributed by atoms with van der Waals surface area (Å²) in [6.07, 6.45) is -4.19. The van der Waals surface area contributed by atoms with Crippen LogP contribution < -0.4 is 16.2 Å². The summed E-state index contributed by atoms with van der Waals surface area (Å²) in [5.41, 5.74) is -0.861. The number of esters is 1. The van der Waals surface area contributed by atoms with Crippen LogP contribution in [0.5, 0.6) is 0 Å². The largest absolute Gasteiger partial charge is 0.463 e. The van der Waals surface area contributed by atoms with Crippen molar-refractivity contribution >= 4 is 22.6 Å². The lowest BCUT2D eigenvalue weighted by Crippen LogP contribution is -2.32. The first-order valence-corrected chi connectivity index (χ1v) is 10.6. The van der Waals surface area contributed by atoms with E-state index in [9.17, 15) is 27.6 Å². The summed E-state index contributed by atoms with van der Waals surface area (Å²) in [4.78, 5) is 39.3. The Morgan fingerprint density at radius 3 is 2.65 bits per heavy atom. The van der Waals surface area contributed by atoms with Crippen LogP contribution >= 0.6 is 0 Å². The van der Waals surface area contributed by atoms with Crippen molar-refractivity contribution in [2.45, 2.75) is 24.6 Å².